The summed E-state index contributed by atoms with van der Waals surface area (Å²) in [6.45, 7) is 4.18. The van der Waals surface area contributed by atoms with Gasteiger partial charge in [-0.25, -0.2) is 0 Å². The fraction of sp³-hybridized carbons (Fsp3) is 0.375. The minimum absolute atomic E-state index is 0.234. The van der Waals surface area contributed by atoms with Crippen molar-refractivity contribution < 1.29 is 4.74 Å². The van der Waals surface area contributed by atoms with E-state index in [2.05, 4.69) is 60.5 Å². The first kappa shape index (κ1) is 13.3. The van der Waals surface area contributed by atoms with Gasteiger partial charge in [0.2, 0.25) is 0 Å². The van der Waals surface area contributed by atoms with Gasteiger partial charge in [-0.2, -0.15) is 0 Å². The Balaban J connectivity index is 2.44. The molecule has 2 aromatic rings. The molecule has 0 unspecified atom stereocenters. The molecule has 0 aromatic heterocycles. The minimum Gasteiger partial charge on any atom is -0.374 e. The van der Waals surface area contributed by atoms with E-state index in [1.54, 1.807) is 7.11 Å². The van der Waals surface area contributed by atoms with Gasteiger partial charge < -0.3 is 4.74 Å². The van der Waals surface area contributed by atoms with Gasteiger partial charge in [-0.3, -0.25) is 0 Å². The van der Waals surface area contributed by atoms with Crippen molar-refractivity contribution in [2.24, 2.45) is 0 Å². The highest BCUT2D eigenvalue weighted by molar-refractivity contribution is 6.08. The van der Waals surface area contributed by atoms with Crippen LogP contribution in [0.15, 0.2) is 36.4 Å². The van der Waals surface area contributed by atoms with Crippen LogP contribution in [0.3, 0.4) is 0 Å². The monoisotopic (exact) mass is 255 g/mol. The summed E-state index contributed by atoms with van der Waals surface area (Å²) in [5, 5.41) is 2.57. The summed E-state index contributed by atoms with van der Waals surface area (Å²) in [5.74, 6) is 0. The van der Waals surface area contributed by atoms with E-state index < -0.39 is 0 Å². The number of methoxy groups -OCH3 is 1. The quantitative estimate of drug-likeness (QED) is 0.754. The summed E-state index contributed by atoms with van der Waals surface area (Å²) in [6.07, 6.45) is 1.07. The second-order valence-corrected chi connectivity index (χ2v) is 5.61. The Morgan fingerprint density at radius 2 is 1.72 bits per heavy atom. The Hall–Kier alpha value is -1.12. The molecule has 0 aliphatic heterocycles. The standard InChI is InChI=1S/C16H19OSi/c1-16(2,17-3)15-7-6-13-10-12(8-9-18)4-5-14(13)11-15/h4-7,10-11H,8-9H2,1-3H3. The fourth-order valence-electron chi connectivity index (χ4n) is 2.09. The molecule has 2 aromatic carbocycles. The molecule has 0 bridgehead atoms. The van der Waals surface area contributed by atoms with Gasteiger partial charge in [-0.05, 0) is 48.2 Å². The molecule has 0 atom stereocenters. The van der Waals surface area contributed by atoms with Crippen molar-refractivity contribution >= 4 is 21.0 Å². The van der Waals surface area contributed by atoms with Crippen LogP contribution in [-0.4, -0.2) is 17.4 Å². The van der Waals surface area contributed by atoms with Crippen LogP contribution in [0.1, 0.15) is 25.0 Å². The van der Waals surface area contributed by atoms with Crippen LogP contribution in [0.25, 0.3) is 10.8 Å². The Bertz CT molecular complexity index is 546. The van der Waals surface area contributed by atoms with E-state index in [0.29, 0.717) is 0 Å². The van der Waals surface area contributed by atoms with Crippen LogP contribution in [0.5, 0.6) is 0 Å². The summed E-state index contributed by atoms with van der Waals surface area (Å²) in [5.41, 5.74) is 2.35. The predicted octanol–water partition coefficient (Wildman–Crippen LogP) is 3.85. The molecule has 0 heterocycles. The molecule has 93 valence electrons. The number of hydrogen-bond donors (Lipinski definition) is 0. The summed E-state index contributed by atoms with van der Waals surface area (Å²) >= 11 is 0. The van der Waals surface area contributed by atoms with E-state index in [0.717, 1.165) is 12.5 Å². The molecule has 0 amide bonds. The third-order valence-corrected chi connectivity index (χ3v) is 3.77. The zero-order valence-electron chi connectivity index (χ0n) is 11.3. The van der Waals surface area contributed by atoms with Gasteiger partial charge in [0.1, 0.15) is 0 Å². The lowest BCUT2D eigenvalue weighted by Gasteiger charge is -2.23. The number of fused-ring (bicyclic) bond motifs is 1. The predicted molar refractivity (Wildman–Crippen MR) is 78.2 cm³/mol. The van der Waals surface area contributed by atoms with Gasteiger partial charge in [-0.1, -0.05) is 36.4 Å². The number of hydrogen-bond acceptors (Lipinski definition) is 1. The van der Waals surface area contributed by atoms with Gasteiger partial charge in [-0.15, -0.1) is 0 Å². The summed E-state index contributed by atoms with van der Waals surface area (Å²) < 4.78 is 5.53. The normalized spacial score (nSPS) is 12.0. The van der Waals surface area contributed by atoms with Gasteiger partial charge in [0.05, 0.1) is 5.60 Å². The maximum absolute atomic E-state index is 5.53. The second kappa shape index (κ2) is 5.25. The van der Waals surface area contributed by atoms with E-state index in [4.69, 9.17) is 4.74 Å². The molecule has 0 saturated heterocycles. The van der Waals surface area contributed by atoms with Crippen LogP contribution in [0.2, 0.25) is 6.04 Å². The van der Waals surface area contributed by atoms with Gasteiger partial charge in [0.25, 0.3) is 0 Å². The molecule has 0 saturated carbocycles. The lowest BCUT2D eigenvalue weighted by Crippen LogP contribution is -2.19. The van der Waals surface area contributed by atoms with Crippen LogP contribution in [0.4, 0.5) is 0 Å². The summed E-state index contributed by atoms with van der Waals surface area (Å²) in [7, 11) is 5.28. The Kier molecular flexibility index (Phi) is 3.88. The Labute approximate surface area is 113 Å². The number of aryl methyl sites for hydroxylation is 1. The lowest BCUT2D eigenvalue weighted by atomic mass is 9.94. The molecular weight excluding hydrogens is 236 g/mol. The highest BCUT2D eigenvalue weighted by Crippen LogP contribution is 2.27. The third-order valence-electron chi connectivity index (χ3n) is 3.52. The topological polar surface area (TPSA) is 9.23 Å². The fourth-order valence-corrected chi connectivity index (χ4v) is 2.38. The zero-order valence-corrected chi connectivity index (χ0v) is 12.3. The first-order valence-electron chi connectivity index (χ1n) is 6.30. The number of benzene rings is 2. The summed E-state index contributed by atoms with van der Waals surface area (Å²) in [6, 6.07) is 14.2. The average molecular weight is 255 g/mol. The molecule has 18 heavy (non-hydrogen) atoms. The molecule has 0 fully saturated rings. The molecule has 0 spiro atoms. The molecule has 0 aliphatic rings. The highest BCUT2D eigenvalue weighted by atomic mass is 28.1. The summed E-state index contributed by atoms with van der Waals surface area (Å²) in [4.78, 5) is 0. The maximum atomic E-state index is 5.53. The smallest absolute Gasteiger partial charge is 0.0871 e. The van der Waals surface area contributed by atoms with Crippen molar-refractivity contribution in [1.29, 1.82) is 0 Å². The van der Waals surface area contributed by atoms with Crippen molar-refractivity contribution in [2.45, 2.75) is 31.9 Å². The SMILES string of the molecule is COC(C)(C)c1ccc2cc(CC[Si])ccc2c1. The van der Waals surface area contributed by atoms with E-state index in [-0.39, 0.29) is 5.60 Å². The van der Waals surface area contributed by atoms with Crippen molar-refractivity contribution in [3.05, 3.63) is 47.5 Å². The van der Waals surface area contributed by atoms with E-state index >= 15 is 0 Å². The molecule has 2 heteroatoms. The molecular formula is C16H19OSi. The lowest BCUT2D eigenvalue weighted by molar-refractivity contribution is 0.0193. The first-order chi connectivity index (χ1) is 8.56. The van der Waals surface area contributed by atoms with Crippen molar-refractivity contribution in [2.75, 3.05) is 7.11 Å². The Morgan fingerprint density at radius 1 is 1.06 bits per heavy atom. The Morgan fingerprint density at radius 3 is 2.39 bits per heavy atom. The van der Waals surface area contributed by atoms with Gasteiger partial charge >= 0.3 is 0 Å². The molecule has 0 aliphatic carbocycles. The molecule has 1 nitrogen and oxygen atoms in total. The zero-order chi connectivity index (χ0) is 13.2. The first-order valence-corrected chi connectivity index (χ1v) is 7.00. The van der Waals surface area contributed by atoms with Gasteiger partial charge in [0, 0.05) is 17.4 Å². The van der Waals surface area contributed by atoms with Crippen LogP contribution in [-0.2, 0) is 16.8 Å². The molecule has 2 rings (SSSR count). The average Bonchev–Trinajstić information content (AvgIpc) is 2.38. The van der Waals surface area contributed by atoms with E-state index in [1.807, 2.05) is 0 Å². The van der Waals surface area contributed by atoms with Crippen molar-refractivity contribution in [1.82, 2.24) is 0 Å². The van der Waals surface area contributed by atoms with Crippen molar-refractivity contribution in [3.63, 3.8) is 0 Å². The molecule has 0 N–H and O–H groups in total. The van der Waals surface area contributed by atoms with Crippen molar-refractivity contribution in [3.8, 4) is 0 Å². The van der Waals surface area contributed by atoms with Gasteiger partial charge in [0.15, 0.2) is 0 Å². The third kappa shape index (κ3) is 2.65. The number of rotatable bonds is 4. The van der Waals surface area contributed by atoms with E-state index in [1.165, 1.54) is 21.9 Å². The highest BCUT2D eigenvalue weighted by Gasteiger charge is 2.19. The minimum atomic E-state index is -0.234. The van der Waals surface area contributed by atoms with Crippen LogP contribution in [0, 0.1) is 0 Å². The molecule has 3 radical (unpaired) electrons. The van der Waals surface area contributed by atoms with Crippen LogP contribution >= 0.6 is 0 Å². The number of ether oxygens (including phenoxy) is 1. The maximum Gasteiger partial charge on any atom is 0.0871 e. The van der Waals surface area contributed by atoms with E-state index in [9.17, 15) is 0 Å². The largest absolute Gasteiger partial charge is 0.374 e. The second-order valence-electron chi connectivity index (χ2n) is 5.11. The van der Waals surface area contributed by atoms with Crippen LogP contribution < -0.4 is 0 Å².